The number of nitrogens with two attached hydrogens (primary N) is 1. The van der Waals surface area contributed by atoms with E-state index in [0.717, 1.165) is 6.42 Å². The molecule has 0 fully saturated rings. The van der Waals surface area contributed by atoms with Gasteiger partial charge in [-0.2, -0.15) is 0 Å². The maximum Gasteiger partial charge on any atom is 0.699 e. The van der Waals surface area contributed by atoms with Crippen molar-refractivity contribution in [3.8, 4) is 0 Å². The van der Waals surface area contributed by atoms with Crippen LogP contribution in [0.1, 0.15) is 34.5 Å². The summed E-state index contributed by atoms with van der Waals surface area (Å²) in [6, 6.07) is 10.8. The summed E-state index contributed by atoms with van der Waals surface area (Å²) < 4.78 is 4.46. The smallest absolute Gasteiger partial charge is 0.330 e. The van der Waals surface area contributed by atoms with Gasteiger partial charge in [0, 0.05) is 29.1 Å². The van der Waals surface area contributed by atoms with Gasteiger partial charge in [0.1, 0.15) is 6.21 Å². The fraction of sp³-hybridized carbons (Fsp3) is 0.190. The number of rotatable bonds is 4. The summed E-state index contributed by atoms with van der Waals surface area (Å²) in [5, 5.41) is 0. The zero-order valence-corrected chi connectivity index (χ0v) is 15.6. The molecule has 6 heteroatoms. The van der Waals surface area contributed by atoms with E-state index in [1.807, 2.05) is 0 Å². The number of hydrogen-bond acceptors (Lipinski definition) is 1. The van der Waals surface area contributed by atoms with Crippen molar-refractivity contribution in [3.63, 3.8) is 0 Å². The molecule has 0 bridgehead atoms. The van der Waals surface area contributed by atoms with Crippen LogP contribution in [-0.4, -0.2) is 29.3 Å². The van der Waals surface area contributed by atoms with Crippen molar-refractivity contribution < 1.29 is 13.9 Å². The molecule has 3 heterocycles. The van der Waals surface area contributed by atoms with E-state index in [1.54, 1.807) is 0 Å². The summed E-state index contributed by atoms with van der Waals surface area (Å²) in [7, 11) is 2.16. The van der Waals surface area contributed by atoms with Gasteiger partial charge in [0.25, 0.3) is 0 Å². The van der Waals surface area contributed by atoms with E-state index in [9.17, 15) is 0 Å². The van der Waals surface area contributed by atoms with E-state index >= 15 is 0 Å². The quantitative estimate of drug-likeness (QED) is 0.822. The highest BCUT2D eigenvalue weighted by Crippen LogP contribution is 2.33. The predicted octanol–water partition coefficient (Wildman–Crippen LogP) is 3.69. The number of benzene rings is 1. The molecule has 0 amide bonds. The molecule has 0 atom stereocenters. The minimum absolute atomic E-state index is 0. The summed E-state index contributed by atoms with van der Waals surface area (Å²) >= 11 is 0. The lowest BCUT2D eigenvalue weighted by molar-refractivity contribution is -0.307. The minimum atomic E-state index is 0. The molecule has 2 aliphatic rings. The lowest BCUT2D eigenvalue weighted by atomic mass is 9.94. The Morgan fingerprint density at radius 1 is 1.15 bits per heavy atom. The Morgan fingerprint density at radius 2 is 1.96 bits per heavy atom. The SMILES string of the molecule is Cc1cccc(/C=C/c2cc(C)c3n2[B][N+]2=CC=CC2=C3CCN)c1.F.F. The van der Waals surface area contributed by atoms with Crippen molar-refractivity contribution in [2.75, 3.05) is 6.54 Å². The van der Waals surface area contributed by atoms with Gasteiger partial charge in [0.2, 0.25) is 0 Å². The standard InChI is InChI=1S/C21H22BN3.2FH/c1-15-5-3-6-17(13-15)8-9-18-14-16(2)21-19(10-11-23)20-7-4-12-24(20)22-25(18)21;;/h3-9,12-14H,10-11,23H2,1-2H3;2*1H/q+1;;/b9-8+;;. The summed E-state index contributed by atoms with van der Waals surface area (Å²) in [6.07, 6.45) is 11.6. The molecule has 139 valence electrons. The molecule has 0 saturated heterocycles. The molecular weight excluding hydrogens is 343 g/mol. The first kappa shape index (κ1) is 20.6. The number of allylic oxidation sites excluding steroid dienone is 2. The summed E-state index contributed by atoms with van der Waals surface area (Å²) in [5.41, 5.74) is 14.7. The highest BCUT2D eigenvalue weighted by atomic mass is 19.0. The van der Waals surface area contributed by atoms with Crippen molar-refractivity contribution in [2.45, 2.75) is 20.3 Å². The molecule has 0 saturated carbocycles. The fourth-order valence-corrected chi connectivity index (χ4v) is 3.66. The van der Waals surface area contributed by atoms with Crippen molar-refractivity contribution in [2.24, 2.45) is 5.73 Å². The minimum Gasteiger partial charge on any atom is -0.330 e. The van der Waals surface area contributed by atoms with Crippen molar-refractivity contribution in [3.05, 3.63) is 76.3 Å². The molecule has 2 N–H and O–H groups in total. The Bertz CT molecular complexity index is 968. The first-order chi connectivity index (χ1) is 12.2. The number of aromatic nitrogens is 1. The lowest BCUT2D eigenvalue weighted by Gasteiger charge is -2.18. The lowest BCUT2D eigenvalue weighted by Crippen LogP contribution is -2.30. The summed E-state index contributed by atoms with van der Waals surface area (Å²) in [5.74, 6) is 0. The molecule has 27 heavy (non-hydrogen) atoms. The van der Waals surface area contributed by atoms with Crippen molar-refractivity contribution in [1.82, 2.24) is 4.48 Å². The third kappa shape index (κ3) is 3.71. The normalized spacial score (nSPS) is 14.3. The molecule has 0 spiro atoms. The Hall–Kier alpha value is -2.73. The number of fused-ring (bicyclic) bond motifs is 2. The number of halogens is 2. The first-order valence-electron chi connectivity index (χ1n) is 8.72. The van der Waals surface area contributed by atoms with Gasteiger partial charge in [-0.15, -0.1) is 0 Å². The van der Waals surface area contributed by atoms with Gasteiger partial charge in [0.15, 0.2) is 5.70 Å². The van der Waals surface area contributed by atoms with E-state index in [4.69, 9.17) is 5.73 Å². The van der Waals surface area contributed by atoms with Crippen LogP contribution in [0, 0.1) is 13.8 Å². The van der Waals surface area contributed by atoms with E-state index < -0.39 is 0 Å². The second-order valence-electron chi connectivity index (χ2n) is 6.65. The number of nitrogens with zero attached hydrogens (tertiary/aromatic N) is 2. The van der Waals surface area contributed by atoms with Crippen LogP contribution in [0.5, 0.6) is 0 Å². The van der Waals surface area contributed by atoms with Gasteiger partial charge in [0.05, 0.1) is 0 Å². The topological polar surface area (TPSA) is 34.0 Å². The predicted molar refractivity (Wildman–Crippen MR) is 111 cm³/mol. The van der Waals surface area contributed by atoms with Gasteiger partial charge >= 0.3 is 7.55 Å². The molecule has 0 unspecified atom stereocenters. The van der Waals surface area contributed by atoms with Crippen LogP contribution >= 0.6 is 0 Å². The second kappa shape index (κ2) is 8.31. The molecular formula is C21H24BF2N3+. The molecule has 3 nitrogen and oxygen atoms in total. The van der Waals surface area contributed by atoms with Crippen LogP contribution in [0.2, 0.25) is 0 Å². The highest BCUT2D eigenvalue weighted by Gasteiger charge is 2.34. The van der Waals surface area contributed by atoms with Crippen LogP contribution < -0.4 is 5.73 Å². The highest BCUT2D eigenvalue weighted by molar-refractivity contribution is 6.28. The van der Waals surface area contributed by atoms with Crippen LogP contribution in [-0.2, 0) is 0 Å². The molecule has 0 aliphatic carbocycles. The van der Waals surface area contributed by atoms with Crippen LogP contribution in [0.3, 0.4) is 0 Å². The number of hydrogen-bond donors (Lipinski definition) is 1. The Morgan fingerprint density at radius 3 is 2.70 bits per heavy atom. The van der Waals surface area contributed by atoms with Gasteiger partial charge in [-0.3, -0.25) is 13.9 Å². The summed E-state index contributed by atoms with van der Waals surface area (Å²) in [6.45, 7) is 4.95. The second-order valence-corrected chi connectivity index (χ2v) is 6.65. The van der Waals surface area contributed by atoms with Crippen molar-refractivity contribution in [1.29, 1.82) is 0 Å². The van der Waals surface area contributed by atoms with Gasteiger partial charge < -0.3 is 10.2 Å². The number of aryl methyl sites for hydroxylation is 2. The van der Waals surface area contributed by atoms with E-state index in [2.05, 4.69) is 91.2 Å². The molecule has 1 radical (unpaired) electrons. The maximum atomic E-state index is 5.88. The van der Waals surface area contributed by atoms with Crippen LogP contribution in [0.25, 0.3) is 17.7 Å². The monoisotopic (exact) mass is 367 g/mol. The van der Waals surface area contributed by atoms with E-state index in [-0.39, 0.29) is 9.41 Å². The van der Waals surface area contributed by atoms with E-state index in [0.29, 0.717) is 6.54 Å². The average molecular weight is 367 g/mol. The zero-order valence-electron chi connectivity index (χ0n) is 15.6. The average Bonchev–Trinajstić information content (AvgIpc) is 3.18. The molecule has 2 aromatic rings. The maximum absolute atomic E-state index is 5.88. The zero-order chi connectivity index (χ0) is 17.4. The van der Waals surface area contributed by atoms with Crippen LogP contribution in [0.4, 0.5) is 9.41 Å². The first-order valence-corrected chi connectivity index (χ1v) is 8.72. The Kier molecular flexibility index (Phi) is 6.34. The molecule has 2 aliphatic heterocycles. The van der Waals surface area contributed by atoms with Gasteiger partial charge in [-0.05, 0) is 50.1 Å². The van der Waals surface area contributed by atoms with Gasteiger partial charge in [-0.25, -0.2) is 0 Å². The largest absolute Gasteiger partial charge is 0.699 e. The Labute approximate surface area is 159 Å². The fourth-order valence-electron chi connectivity index (χ4n) is 3.66. The Balaban J connectivity index is 0.00000131. The molecule has 1 aromatic carbocycles. The molecule has 1 aromatic heterocycles. The molecule has 4 rings (SSSR count). The van der Waals surface area contributed by atoms with Crippen molar-refractivity contribution >= 4 is 31.5 Å². The van der Waals surface area contributed by atoms with Gasteiger partial charge in [-0.1, -0.05) is 35.9 Å². The third-order valence-corrected chi connectivity index (χ3v) is 4.75. The third-order valence-electron chi connectivity index (χ3n) is 4.75. The van der Waals surface area contributed by atoms with Crippen LogP contribution in [0.15, 0.2) is 48.2 Å². The summed E-state index contributed by atoms with van der Waals surface area (Å²) in [4.78, 5) is 0. The van der Waals surface area contributed by atoms with E-state index in [1.165, 1.54) is 39.3 Å².